The van der Waals surface area contributed by atoms with Crippen LogP contribution in [0.4, 0.5) is 5.69 Å². The topological polar surface area (TPSA) is 38.3 Å². The number of rotatable bonds is 4. The summed E-state index contributed by atoms with van der Waals surface area (Å²) >= 11 is 9.36. The summed E-state index contributed by atoms with van der Waals surface area (Å²) in [7, 11) is 0. The van der Waals surface area contributed by atoms with Crippen LogP contribution < -0.4 is 5.32 Å². The Hall–Kier alpha value is -0.580. The highest BCUT2D eigenvalue weighted by Crippen LogP contribution is 2.26. The van der Waals surface area contributed by atoms with Gasteiger partial charge in [-0.2, -0.15) is 0 Å². The third kappa shape index (κ3) is 3.97. The van der Waals surface area contributed by atoms with Crippen LogP contribution >= 0.6 is 27.5 Å². The minimum Gasteiger partial charge on any atom is -0.378 e. The molecule has 5 heteroatoms. The van der Waals surface area contributed by atoms with Crippen LogP contribution in [0.1, 0.15) is 25.7 Å². The van der Waals surface area contributed by atoms with Crippen molar-refractivity contribution in [3.63, 3.8) is 0 Å². The lowest BCUT2D eigenvalue weighted by atomic mass is 10.1. The molecule has 1 N–H and O–H groups in total. The first kappa shape index (κ1) is 13.8. The lowest BCUT2D eigenvalue weighted by Gasteiger charge is -2.10. The van der Waals surface area contributed by atoms with E-state index < -0.39 is 0 Å². The van der Waals surface area contributed by atoms with Crippen molar-refractivity contribution < 1.29 is 9.53 Å². The Balaban J connectivity index is 1.82. The second-order valence-electron chi connectivity index (χ2n) is 4.35. The molecule has 1 saturated heterocycles. The molecule has 1 aromatic carbocycles. The van der Waals surface area contributed by atoms with Gasteiger partial charge in [-0.25, -0.2) is 0 Å². The Morgan fingerprint density at radius 2 is 2.39 bits per heavy atom. The average Bonchev–Trinajstić information content (AvgIpc) is 2.83. The van der Waals surface area contributed by atoms with Gasteiger partial charge in [-0.1, -0.05) is 27.5 Å². The largest absolute Gasteiger partial charge is 0.378 e. The molecule has 0 aromatic heterocycles. The third-order valence-corrected chi connectivity index (χ3v) is 3.73. The first-order chi connectivity index (χ1) is 8.65. The summed E-state index contributed by atoms with van der Waals surface area (Å²) in [5.41, 5.74) is 0.650. The minimum atomic E-state index is -0.0188. The quantitative estimate of drug-likeness (QED) is 0.905. The maximum atomic E-state index is 11.8. The first-order valence-corrected chi connectivity index (χ1v) is 7.19. The Labute approximate surface area is 120 Å². The Morgan fingerprint density at radius 3 is 3.06 bits per heavy atom. The van der Waals surface area contributed by atoms with Crippen molar-refractivity contribution in [1.29, 1.82) is 0 Å². The lowest BCUT2D eigenvalue weighted by molar-refractivity contribution is -0.116. The van der Waals surface area contributed by atoms with Crippen LogP contribution in [-0.2, 0) is 9.53 Å². The summed E-state index contributed by atoms with van der Waals surface area (Å²) in [5.74, 6) is -0.0188. The molecule has 0 bridgehead atoms. The molecule has 0 radical (unpaired) electrons. The fourth-order valence-corrected chi connectivity index (χ4v) is 2.69. The van der Waals surface area contributed by atoms with Crippen molar-refractivity contribution in [2.24, 2.45) is 0 Å². The van der Waals surface area contributed by atoms with Crippen LogP contribution in [0.25, 0.3) is 0 Å². The van der Waals surface area contributed by atoms with Crippen LogP contribution in [0.15, 0.2) is 22.7 Å². The SMILES string of the molecule is O=C(CCC1CCCO1)Nc1ccc(Br)cc1Cl. The van der Waals surface area contributed by atoms with E-state index in [1.807, 2.05) is 6.07 Å². The highest BCUT2D eigenvalue weighted by atomic mass is 79.9. The van der Waals surface area contributed by atoms with Gasteiger partial charge in [-0.05, 0) is 37.5 Å². The second kappa shape index (κ2) is 6.55. The summed E-state index contributed by atoms with van der Waals surface area (Å²) in [6, 6.07) is 5.40. The van der Waals surface area contributed by atoms with E-state index in [1.54, 1.807) is 12.1 Å². The van der Waals surface area contributed by atoms with Gasteiger partial charge in [0.1, 0.15) is 0 Å². The number of nitrogens with one attached hydrogen (secondary N) is 1. The molecule has 0 saturated carbocycles. The number of halogens is 2. The molecule has 98 valence electrons. The Bertz CT molecular complexity index is 433. The summed E-state index contributed by atoms with van der Waals surface area (Å²) in [4.78, 5) is 11.8. The molecule has 1 fully saturated rings. The van der Waals surface area contributed by atoms with Crippen molar-refractivity contribution in [2.75, 3.05) is 11.9 Å². The lowest BCUT2D eigenvalue weighted by Crippen LogP contribution is -2.15. The van der Waals surface area contributed by atoms with Crippen LogP contribution in [-0.4, -0.2) is 18.6 Å². The second-order valence-corrected chi connectivity index (χ2v) is 5.67. The monoisotopic (exact) mass is 331 g/mol. The molecule has 18 heavy (non-hydrogen) atoms. The van der Waals surface area contributed by atoms with E-state index in [4.69, 9.17) is 16.3 Å². The van der Waals surface area contributed by atoms with Crippen molar-refractivity contribution in [2.45, 2.75) is 31.8 Å². The molecular weight excluding hydrogens is 318 g/mol. The predicted octanol–water partition coefficient (Wildman–Crippen LogP) is 4.00. The summed E-state index contributed by atoms with van der Waals surface area (Å²) in [5, 5.41) is 3.35. The predicted molar refractivity (Wildman–Crippen MR) is 76.0 cm³/mol. The van der Waals surface area contributed by atoms with Gasteiger partial charge in [-0.15, -0.1) is 0 Å². The summed E-state index contributed by atoms with van der Waals surface area (Å²) in [6.07, 6.45) is 3.66. The number of benzene rings is 1. The number of ether oxygens (including phenoxy) is 1. The maximum Gasteiger partial charge on any atom is 0.224 e. The molecule has 0 aliphatic carbocycles. The smallest absolute Gasteiger partial charge is 0.224 e. The molecule has 1 atom stereocenters. The van der Waals surface area contributed by atoms with E-state index in [0.717, 1.165) is 30.3 Å². The van der Waals surface area contributed by atoms with Gasteiger partial charge in [-0.3, -0.25) is 4.79 Å². The number of carbonyl (C=O) groups excluding carboxylic acids is 1. The zero-order valence-corrected chi connectivity index (χ0v) is 12.3. The summed E-state index contributed by atoms with van der Waals surface area (Å²) in [6.45, 7) is 0.824. The average molecular weight is 333 g/mol. The molecule has 1 amide bonds. The Kier molecular flexibility index (Phi) is 5.03. The van der Waals surface area contributed by atoms with Crippen LogP contribution in [0, 0.1) is 0 Å². The van der Waals surface area contributed by atoms with Crippen molar-refractivity contribution in [1.82, 2.24) is 0 Å². The molecule has 1 heterocycles. The van der Waals surface area contributed by atoms with Gasteiger partial charge in [0.25, 0.3) is 0 Å². The summed E-state index contributed by atoms with van der Waals surface area (Å²) < 4.78 is 6.37. The molecular formula is C13H15BrClNO2. The normalized spacial score (nSPS) is 18.9. The maximum absolute atomic E-state index is 11.8. The van der Waals surface area contributed by atoms with Gasteiger partial charge in [0.15, 0.2) is 0 Å². The molecule has 2 rings (SSSR count). The van der Waals surface area contributed by atoms with Crippen LogP contribution in [0.3, 0.4) is 0 Å². The molecule has 3 nitrogen and oxygen atoms in total. The van der Waals surface area contributed by atoms with Gasteiger partial charge in [0.2, 0.25) is 5.91 Å². The van der Waals surface area contributed by atoms with Crippen LogP contribution in [0.5, 0.6) is 0 Å². The number of anilines is 1. The highest BCUT2D eigenvalue weighted by molar-refractivity contribution is 9.10. The van der Waals surface area contributed by atoms with Crippen LogP contribution in [0.2, 0.25) is 5.02 Å². The van der Waals surface area contributed by atoms with Crippen molar-refractivity contribution in [3.05, 3.63) is 27.7 Å². The molecule has 1 aromatic rings. The molecule has 1 aliphatic rings. The number of hydrogen-bond donors (Lipinski definition) is 1. The zero-order chi connectivity index (χ0) is 13.0. The molecule has 1 unspecified atom stereocenters. The Morgan fingerprint density at radius 1 is 1.56 bits per heavy atom. The van der Waals surface area contributed by atoms with Gasteiger partial charge >= 0.3 is 0 Å². The van der Waals surface area contributed by atoms with E-state index in [9.17, 15) is 4.79 Å². The minimum absolute atomic E-state index is 0.0188. The van der Waals surface area contributed by atoms with E-state index >= 15 is 0 Å². The van der Waals surface area contributed by atoms with Crippen molar-refractivity contribution in [3.8, 4) is 0 Å². The van der Waals surface area contributed by atoms with Crippen molar-refractivity contribution >= 4 is 39.1 Å². The third-order valence-electron chi connectivity index (χ3n) is 2.92. The standard InChI is InChI=1S/C13H15BrClNO2/c14-9-3-5-12(11(15)8-9)16-13(17)6-4-10-2-1-7-18-10/h3,5,8,10H,1-2,4,6-7H2,(H,16,17). The highest BCUT2D eigenvalue weighted by Gasteiger charge is 2.16. The number of amides is 1. The zero-order valence-electron chi connectivity index (χ0n) is 9.92. The molecule has 0 spiro atoms. The fourth-order valence-electron chi connectivity index (χ4n) is 1.97. The number of carbonyl (C=O) groups is 1. The van der Waals surface area contributed by atoms with E-state index in [2.05, 4.69) is 21.2 Å². The fraction of sp³-hybridized carbons (Fsp3) is 0.462. The van der Waals surface area contributed by atoms with Gasteiger partial charge in [0.05, 0.1) is 16.8 Å². The first-order valence-electron chi connectivity index (χ1n) is 6.01. The number of hydrogen-bond acceptors (Lipinski definition) is 2. The van der Waals surface area contributed by atoms with E-state index in [-0.39, 0.29) is 12.0 Å². The van der Waals surface area contributed by atoms with E-state index in [0.29, 0.717) is 17.1 Å². The van der Waals surface area contributed by atoms with E-state index in [1.165, 1.54) is 0 Å². The van der Waals surface area contributed by atoms with Gasteiger partial charge in [0, 0.05) is 17.5 Å². The van der Waals surface area contributed by atoms with Gasteiger partial charge < -0.3 is 10.1 Å². The molecule has 1 aliphatic heterocycles.